The molecule has 1 heterocycles. The molecule has 0 saturated carbocycles. The van der Waals surface area contributed by atoms with E-state index in [2.05, 4.69) is 9.97 Å². The molecule has 1 rings (SSSR count). The van der Waals surface area contributed by atoms with E-state index in [4.69, 9.17) is 4.11 Å². The molecule has 0 amide bonds. The molecule has 0 unspecified atom stereocenters. The Kier molecular flexibility index (Phi) is 0.257. The van der Waals surface area contributed by atoms with Gasteiger partial charge >= 0.3 is 0 Å². The van der Waals surface area contributed by atoms with E-state index in [0.29, 0.717) is 0 Å². The summed E-state index contributed by atoms with van der Waals surface area (Å²) in [6.07, 6.45) is 2.91. The summed E-state index contributed by atoms with van der Waals surface area (Å²) in [6, 6.07) is 0. The van der Waals surface area contributed by atoms with E-state index >= 15 is 0 Å². The average Bonchev–Trinajstić information content (AvgIpc) is 2.08. The van der Waals surface area contributed by atoms with E-state index < -0.39 is 6.85 Å². The number of nitrogens with one attached hydrogen (secondary N) is 1. The normalized spacial score (nSPS) is 18.3. The maximum Gasteiger partial charge on any atom is 0.102 e. The lowest BCUT2D eigenvalue weighted by molar-refractivity contribution is 1.15. The summed E-state index contributed by atoms with van der Waals surface area (Å²) in [7, 11) is 0. The third-order valence-corrected chi connectivity index (χ3v) is 0.498. The summed E-state index contributed by atoms with van der Waals surface area (Å²) in [6.45, 7) is -2.09. The summed E-state index contributed by atoms with van der Waals surface area (Å²) in [5, 5.41) is 0. The number of aromatic amines is 1. The lowest BCUT2D eigenvalue weighted by atomic mass is 10.8. The Morgan fingerprint density at radius 3 is 3.50 bits per heavy atom. The molecule has 0 saturated heterocycles. The average molecular weight is 85.1 g/mol. The molecular weight excluding hydrogens is 76.1 g/mol. The fourth-order valence-corrected chi connectivity index (χ4v) is 0.265. The van der Waals surface area contributed by atoms with Crippen LogP contribution in [-0.4, -0.2) is 9.97 Å². The molecule has 2 nitrogen and oxygen atoms in total. The SMILES string of the molecule is [2H]C([2H])([2H])c1ncc[nH]1. The van der Waals surface area contributed by atoms with Crippen molar-refractivity contribution in [1.29, 1.82) is 0 Å². The molecule has 2 heteroatoms. The van der Waals surface area contributed by atoms with Crippen molar-refractivity contribution < 1.29 is 4.11 Å². The van der Waals surface area contributed by atoms with Crippen LogP contribution in [0.2, 0.25) is 0 Å². The Bertz CT molecular complexity index is 176. The molecule has 0 aliphatic carbocycles. The summed E-state index contributed by atoms with van der Waals surface area (Å²) in [4.78, 5) is 6.07. The molecule has 0 aliphatic heterocycles. The van der Waals surface area contributed by atoms with Crippen molar-refractivity contribution in [1.82, 2.24) is 9.97 Å². The molecule has 0 atom stereocenters. The third kappa shape index (κ3) is 0.407. The van der Waals surface area contributed by atoms with Gasteiger partial charge in [0, 0.05) is 16.5 Å². The highest BCUT2D eigenvalue weighted by Gasteiger charge is 1.73. The van der Waals surface area contributed by atoms with Crippen LogP contribution in [-0.2, 0) is 0 Å². The van der Waals surface area contributed by atoms with E-state index in [1.54, 1.807) is 0 Å². The Morgan fingerprint density at radius 1 is 2.17 bits per heavy atom. The van der Waals surface area contributed by atoms with Crippen LogP contribution in [0.1, 0.15) is 9.94 Å². The van der Waals surface area contributed by atoms with Gasteiger partial charge in [0.1, 0.15) is 5.82 Å². The number of aryl methyl sites for hydroxylation is 1. The van der Waals surface area contributed by atoms with Gasteiger partial charge in [0.05, 0.1) is 0 Å². The quantitative estimate of drug-likeness (QED) is 0.494. The van der Waals surface area contributed by atoms with Gasteiger partial charge < -0.3 is 4.98 Å². The van der Waals surface area contributed by atoms with Crippen molar-refractivity contribution in [3.8, 4) is 0 Å². The molecule has 0 spiro atoms. The highest BCUT2D eigenvalue weighted by Crippen LogP contribution is 1.78. The van der Waals surface area contributed by atoms with Crippen molar-refractivity contribution >= 4 is 0 Å². The number of H-pyrrole nitrogens is 1. The molecule has 0 aromatic carbocycles. The smallest absolute Gasteiger partial charge is 0.102 e. The zero-order valence-corrected chi connectivity index (χ0v) is 3.10. The second kappa shape index (κ2) is 1.12. The topological polar surface area (TPSA) is 28.7 Å². The van der Waals surface area contributed by atoms with Gasteiger partial charge in [-0.1, -0.05) is 0 Å². The van der Waals surface area contributed by atoms with Crippen LogP contribution in [0.3, 0.4) is 0 Å². The maximum absolute atomic E-state index is 6.83. The molecule has 0 aliphatic rings. The molecule has 32 valence electrons. The molecule has 0 radical (unpaired) electrons. The molecule has 1 aromatic rings. The Morgan fingerprint density at radius 2 is 3.17 bits per heavy atom. The molecule has 0 fully saturated rings. The highest BCUT2D eigenvalue weighted by atomic mass is 14.9. The van der Waals surface area contributed by atoms with Crippen LogP contribution in [0.25, 0.3) is 0 Å². The van der Waals surface area contributed by atoms with Crippen molar-refractivity contribution in [2.24, 2.45) is 0 Å². The van der Waals surface area contributed by atoms with Crippen molar-refractivity contribution in [2.45, 2.75) is 6.85 Å². The lowest BCUT2D eigenvalue weighted by Crippen LogP contribution is -1.66. The largest absolute Gasteiger partial charge is 0.349 e. The van der Waals surface area contributed by atoms with Gasteiger partial charge in [-0.15, -0.1) is 0 Å². The van der Waals surface area contributed by atoms with Gasteiger partial charge in [0.25, 0.3) is 0 Å². The summed E-state index contributed by atoms with van der Waals surface area (Å²) >= 11 is 0. The first-order chi connectivity index (χ1) is 4.11. The zero-order chi connectivity index (χ0) is 6.91. The maximum atomic E-state index is 6.83. The van der Waals surface area contributed by atoms with Crippen LogP contribution in [0, 0.1) is 6.85 Å². The van der Waals surface area contributed by atoms with Gasteiger partial charge in [-0.3, -0.25) is 0 Å². The van der Waals surface area contributed by atoms with E-state index in [-0.39, 0.29) is 5.82 Å². The van der Waals surface area contributed by atoms with Crippen molar-refractivity contribution in [2.75, 3.05) is 0 Å². The zero-order valence-electron chi connectivity index (χ0n) is 6.10. The van der Waals surface area contributed by atoms with Crippen LogP contribution in [0.4, 0.5) is 0 Å². The Hall–Kier alpha value is -0.790. The van der Waals surface area contributed by atoms with Crippen LogP contribution in [0.15, 0.2) is 12.4 Å². The van der Waals surface area contributed by atoms with Gasteiger partial charge in [-0.2, -0.15) is 0 Å². The second-order valence-corrected chi connectivity index (χ2v) is 0.938. The lowest BCUT2D eigenvalue weighted by Gasteiger charge is -1.68. The second-order valence-electron chi connectivity index (χ2n) is 0.938. The molecular formula is C4H6N2. The van der Waals surface area contributed by atoms with Gasteiger partial charge in [0.2, 0.25) is 0 Å². The van der Waals surface area contributed by atoms with E-state index in [9.17, 15) is 0 Å². The Labute approximate surface area is 40.4 Å². The Balaban J connectivity index is 2.90. The minimum Gasteiger partial charge on any atom is -0.349 e. The standard InChI is InChI=1S/C4H6N2/c1-4-5-2-3-6-4/h2-3H,1H3,(H,5,6)/i1D3. The minimum absolute atomic E-state index is 0.0440. The number of rotatable bonds is 0. The highest BCUT2D eigenvalue weighted by molar-refractivity contribution is 4.80. The summed E-state index contributed by atoms with van der Waals surface area (Å²) < 4.78 is 20.5. The molecule has 1 aromatic heterocycles. The monoisotopic (exact) mass is 85.1 g/mol. The van der Waals surface area contributed by atoms with Crippen molar-refractivity contribution in [3.63, 3.8) is 0 Å². The fourth-order valence-electron chi connectivity index (χ4n) is 0.265. The molecule has 6 heavy (non-hydrogen) atoms. The predicted molar refractivity (Wildman–Crippen MR) is 23.3 cm³/mol. The first kappa shape index (κ1) is 1.37. The number of nitrogens with zero attached hydrogens (tertiary/aromatic N) is 1. The van der Waals surface area contributed by atoms with E-state index in [1.165, 1.54) is 12.4 Å². The van der Waals surface area contributed by atoms with Gasteiger partial charge in [0.15, 0.2) is 0 Å². The number of hydrogen-bond donors (Lipinski definition) is 1. The van der Waals surface area contributed by atoms with Crippen LogP contribution < -0.4 is 0 Å². The first-order valence-electron chi connectivity index (χ1n) is 3.10. The summed E-state index contributed by atoms with van der Waals surface area (Å²) in [5.74, 6) is 0.0440. The number of imidazole rings is 1. The predicted octanol–water partition coefficient (Wildman–Crippen LogP) is 0.718. The summed E-state index contributed by atoms with van der Waals surface area (Å²) in [5.41, 5.74) is 0. The number of hydrogen-bond acceptors (Lipinski definition) is 1. The van der Waals surface area contributed by atoms with Crippen molar-refractivity contribution in [3.05, 3.63) is 18.2 Å². The van der Waals surface area contributed by atoms with E-state index in [1.807, 2.05) is 0 Å². The first-order valence-corrected chi connectivity index (χ1v) is 1.60. The minimum atomic E-state index is -2.09. The third-order valence-electron chi connectivity index (χ3n) is 0.498. The van der Waals surface area contributed by atoms with Crippen LogP contribution in [0.5, 0.6) is 0 Å². The van der Waals surface area contributed by atoms with Crippen LogP contribution >= 0.6 is 0 Å². The fraction of sp³-hybridized carbons (Fsp3) is 0.250. The van der Waals surface area contributed by atoms with E-state index in [0.717, 1.165) is 0 Å². The molecule has 0 bridgehead atoms. The molecule has 1 N–H and O–H groups in total. The number of aromatic nitrogens is 2. The van der Waals surface area contributed by atoms with Gasteiger partial charge in [-0.25, -0.2) is 4.98 Å². The van der Waals surface area contributed by atoms with Gasteiger partial charge in [-0.05, 0) is 6.85 Å².